The molecule has 7 heteroatoms. The molecule has 1 heterocycles. The molecule has 112 valence electrons. The molecule has 1 amide bonds. The zero-order valence-electron chi connectivity index (χ0n) is 11.8. The average Bonchev–Trinajstić information content (AvgIpc) is 2.48. The lowest BCUT2D eigenvalue weighted by molar-refractivity contribution is -0.384. The molecule has 0 unspecified atom stereocenters. The Morgan fingerprint density at radius 3 is 2.48 bits per heavy atom. The molecule has 0 atom stereocenters. The van der Waals surface area contributed by atoms with Gasteiger partial charge in [-0.3, -0.25) is 24.6 Å². The molecule has 0 N–H and O–H groups in total. The van der Waals surface area contributed by atoms with Crippen molar-refractivity contribution in [2.75, 3.05) is 32.7 Å². The van der Waals surface area contributed by atoms with Crippen molar-refractivity contribution in [2.24, 2.45) is 0 Å². The second kappa shape index (κ2) is 6.45. The monoisotopic (exact) mass is 291 g/mol. The minimum absolute atomic E-state index is 0.0414. The van der Waals surface area contributed by atoms with E-state index in [2.05, 4.69) is 0 Å². The minimum atomic E-state index is -0.511. The van der Waals surface area contributed by atoms with Crippen LogP contribution >= 0.6 is 0 Å². The number of nitrogens with zero attached hydrogens (tertiary/aromatic N) is 3. The Balaban J connectivity index is 1.95. The highest BCUT2D eigenvalue weighted by atomic mass is 16.6. The van der Waals surface area contributed by atoms with Crippen LogP contribution in [0.4, 0.5) is 5.69 Å². The summed E-state index contributed by atoms with van der Waals surface area (Å²) in [6, 6.07) is 5.76. The minimum Gasteiger partial charge on any atom is -0.340 e. The molecule has 1 aromatic carbocycles. The molecule has 0 spiro atoms. The van der Waals surface area contributed by atoms with Gasteiger partial charge in [-0.1, -0.05) is 12.1 Å². The predicted octanol–water partition coefficient (Wildman–Crippen LogP) is 0.942. The topological polar surface area (TPSA) is 83.8 Å². The lowest BCUT2D eigenvalue weighted by Gasteiger charge is -2.33. The summed E-state index contributed by atoms with van der Waals surface area (Å²) in [7, 11) is 0. The van der Waals surface area contributed by atoms with Crippen molar-refractivity contribution in [3.05, 3.63) is 39.9 Å². The number of ketones is 1. The fraction of sp³-hybridized carbons (Fsp3) is 0.429. The van der Waals surface area contributed by atoms with Crippen LogP contribution in [0.25, 0.3) is 0 Å². The van der Waals surface area contributed by atoms with Gasteiger partial charge < -0.3 is 4.90 Å². The summed E-state index contributed by atoms with van der Waals surface area (Å²) < 4.78 is 0. The number of rotatable bonds is 4. The maximum Gasteiger partial charge on any atom is 0.270 e. The van der Waals surface area contributed by atoms with Crippen LogP contribution < -0.4 is 0 Å². The normalized spacial score (nSPS) is 15.8. The van der Waals surface area contributed by atoms with Gasteiger partial charge in [0.2, 0.25) is 5.91 Å². The maximum absolute atomic E-state index is 12.2. The number of Topliss-reactive ketones (excluding diaryl/α,β-unsaturated/α-hetero) is 1. The van der Waals surface area contributed by atoms with Gasteiger partial charge in [0, 0.05) is 50.8 Å². The molecule has 0 aromatic heterocycles. The first kappa shape index (κ1) is 15.1. The largest absolute Gasteiger partial charge is 0.340 e. The van der Waals surface area contributed by atoms with E-state index in [1.807, 2.05) is 4.90 Å². The van der Waals surface area contributed by atoms with Gasteiger partial charge in [0.1, 0.15) is 0 Å². The predicted molar refractivity (Wildman–Crippen MR) is 76.1 cm³/mol. The highest BCUT2D eigenvalue weighted by Gasteiger charge is 2.21. The number of nitro groups is 1. The van der Waals surface area contributed by atoms with Crippen molar-refractivity contribution in [2.45, 2.75) is 6.92 Å². The van der Waals surface area contributed by atoms with E-state index < -0.39 is 4.92 Å². The van der Waals surface area contributed by atoms with Gasteiger partial charge in [-0.05, 0) is 0 Å². The third-order valence-corrected chi connectivity index (χ3v) is 3.56. The molecule has 2 rings (SSSR count). The first-order valence-corrected chi connectivity index (χ1v) is 6.73. The van der Waals surface area contributed by atoms with Crippen molar-refractivity contribution in [1.82, 2.24) is 9.80 Å². The molecule has 21 heavy (non-hydrogen) atoms. The summed E-state index contributed by atoms with van der Waals surface area (Å²) in [5.74, 6) is -0.102. The van der Waals surface area contributed by atoms with Gasteiger partial charge in [-0.15, -0.1) is 0 Å². The Bertz CT molecular complexity index is 565. The van der Waals surface area contributed by atoms with Crippen LogP contribution in [0.5, 0.6) is 0 Å². The summed E-state index contributed by atoms with van der Waals surface area (Å²) >= 11 is 0. The summed E-state index contributed by atoms with van der Waals surface area (Å²) in [5, 5.41) is 10.7. The van der Waals surface area contributed by atoms with Crippen molar-refractivity contribution < 1.29 is 14.5 Å². The highest BCUT2D eigenvalue weighted by molar-refractivity contribution is 5.98. The van der Waals surface area contributed by atoms with E-state index in [1.165, 1.54) is 25.1 Å². The molecule has 1 fully saturated rings. The molecule has 1 aliphatic heterocycles. The summed E-state index contributed by atoms with van der Waals surface area (Å²) in [6.45, 7) is 4.24. The van der Waals surface area contributed by atoms with E-state index in [1.54, 1.807) is 11.0 Å². The second-order valence-corrected chi connectivity index (χ2v) is 5.01. The quantitative estimate of drug-likeness (QED) is 0.468. The van der Waals surface area contributed by atoms with Gasteiger partial charge >= 0.3 is 0 Å². The molecule has 0 saturated carbocycles. The van der Waals surface area contributed by atoms with Gasteiger partial charge in [-0.2, -0.15) is 0 Å². The first-order chi connectivity index (χ1) is 9.97. The Kier molecular flexibility index (Phi) is 4.64. The highest BCUT2D eigenvalue weighted by Crippen LogP contribution is 2.14. The molecular weight excluding hydrogens is 274 g/mol. The third kappa shape index (κ3) is 3.85. The third-order valence-electron chi connectivity index (χ3n) is 3.56. The molecule has 1 aromatic rings. The van der Waals surface area contributed by atoms with Gasteiger partial charge in [0.15, 0.2) is 5.78 Å². The zero-order valence-corrected chi connectivity index (χ0v) is 11.8. The van der Waals surface area contributed by atoms with Gasteiger partial charge in [0.05, 0.1) is 11.5 Å². The molecular formula is C14H17N3O4. The Morgan fingerprint density at radius 1 is 1.24 bits per heavy atom. The van der Waals surface area contributed by atoms with Crippen LogP contribution in [0.15, 0.2) is 24.3 Å². The van der Waals surface area contributed by atoms with Crippen molar-refractivity contribution >= 4 is 17.4 Å². The van der Waals surface area contributed by atoms with Crippen molar-refractivity contribution in [3.8, 4) is 0 Å². The second-order valence-electron chi connectivity index (χ2n) is 5.01. The number of non-ortho nitro benzene ring substituents is 1. The van der Waals surface area contributed by atoms with E-state index >= 15 is 0 Å². The van der Waals surface area contributed by atoms with Crippen LogP contribution in [0, 0.1) is 10.1 Å². The molecule has 1 aliphatic rings. The Morgan fingerprint density at radius 2 is 1.90 bits per heavy atom. The molecule has 1 saturated heterocycles. The summed E-state index contributed by atoms with van der Waals surface area (Å²) in [4.78, 5) is 37.3. The Hall–Kier alpha value is -2.28. The Labute approximate surface area is 122 Å². The zero-order chi connectivity index (χ0) is 15.4. The summed E-state index contributed by atoms with van der Waals surface area (Å²) in [5.41, 5.74) is 0.264. The van der Waals surface area contributed by atoms with Crippen LogP contribution in [-0.4, -0.2) is 59.1 Å². The standard InChI is InChI=1S/C14H17N3O4/c1-11(18)16-7-5-15(6-8-16)10-14(19)12-3-2-4-13(9-12)17(20)21/h2-4,9H,5-8,10H2,1H3. The van der Waals surface area contributed by atoms with Crippen molar-refractivity contribution in [3.63, 3.8) is 0 Å². The molecule has 0 aliphatic carbocycles. The lowest BCUT2D eigenvalue weighted by Crippen LogP contribution is -2.49. The average molecular weight is 291 g/mol. The van der Waals surface area contributed by atoms with Crippen molar-refractivity contribution in [1.29, 1.82) is 0 Å². The number of nitro benzene ring substituents is 1. The molecule has 0 radical (unpaired) electrons. The van der Waals surface area contributed by atoms with E-state index in [-0.39, 0.29) is 23.9 Å². The number of benzene rings is 1. The van der Waals surface area contributed by atoms with Crippen LogP contribution in [-0.2, 0) is 4.79 Å². The number of piperazine rings is 1. The van der Waals surface area contributed by atoms with E-state index in [0.717, 1.165) is 0 Å². The fourth-order valence-corrected chi connectivity index (χ4v) is 2.31. The smallest absolute Gasteiger partial charge is 0.270 e. The SMILES string of the molecule is CC(=O)N1CCN(CC(=O)c2cccc([N+](=O)[O-])c2)CC1. The van der Waals surface area contributed by atoms with Gasteiger partial charge in [0.25, 0.3) is 5.69 Å². The number of amides is 1. The number of hydrogen-bond acceptors (Lipinski definition) is 5. The lowest BCUT2D eigenvalue weighted by atomic mass is 10.1. The van der Waals surface area contributed by atoms with E-state index in [4.69, 9.17) is 0 Å². The molecule has 7 nitrogen and oxygen atoms in total. The molecule has 0 bridgehead atoms. The first-order valence-electron chi connectivity index (χ1n) is 6.73. The van der Waals surface area contributed by atoms with Crippen LogP contribution in [0.1, 0.15) is 17.3 Å². The number of hydrogen-bond donors (Lipinski definition) is 0. The fourth-order valence-electron chi connectivity index (χ4n) is 2.31. The number of carbonyl (C=O) groups is 2. The maximum atomic E-state index is 12.2. The van der Waals surface area contributed by atoms with Crippen LogP contribution in [0.3, 0.4) is 0 Å². The van der Waals surface area contributed by atoms with Crippen LogP contribution in [0.2, 0.25) is 0 Å². The van der Waals surface area contributed by atoms with E-state index in [9.17, 15) is 19.7 Å². The van der Waals surface area contributed by atoms with Gasteiger partial charge in [-0.25, -0.2) is 0 Å². The summed E-state index contributed by atoms with van der Waals surface area (Å²) in [6.07, 6.45) is 0. The van der Waals surface area contributed by atoms with E-state index in [0.29, 0.717) is 31.7 Å². The number of carbonyl (C=O) groups excluding carboxylic acids is 2.